The number of hydrogen-bond acceptors (Lipinski definition) is 9. The Morgan fingerprint density at radius 3 is 1.48 bits per heavy atom. The van der Waals surface area contributed by atoms with E-state index in [1.165, 1.54) is 24.8 Å². The van der Waals surface area contributed by atoms with Crippen molar-refractivity contribution in [3.05, 3.63) is 80.2 Å². The summed E-state index contributed by atoms with van der Waals surface area (Å²) < 4.78 is 23.4. The summed E-state index contributed by atoms with van der Waals surface area (Å²) in [4.78, 5) is 40.9. The Morgan fingerprint density at radius 1 is 0.732 bits per heavy atom. The summed E-state index contributed by atoms with van der Waals surface area (Å²) in [6.45, 7) is 30.6. The molecule has 2 N–H and O–H groups in total. The number of anilines is 1. The second-order valence-electron chi connectivity index (χ2n) is 18.2. The number of nitro groups is 1. The van der Waals surface area contributed by atoms with E-state index < -0.39 is 27.5 Å². The molecule has 0 fully saturated rings. The number of amides is 2. The van der Waals surface area contributed by atoms with Gasteiger partial charge in [-0.2, -0.15) is 0 Å². The second-order valence-corrected chi connectivity index (χ2v) is 27.9. The second kappa shape index (κ2) is 17.7. The molecule has 0 radical (unpaired) electrons. The lowest BCUT2D eigenvalue weighted by Gasteiger charge is -2.38. The number of carbonyl (C=O) groups is 2. The van der Waals surface area contributed by atoms with E-state index in [9.17, 15) is 19.7 Å². The van der Waals surface area contributed by atoms with Gasteiger partial charge in [-0.1, -0.05) is 52.7 Å². The number of nitrogens with zero attached hydrogens (tertiary/aromatic N) is 3. The van der Waals surface area contributed by atoms with Crippen LogP contribution in [0.5, 0.6) is 11.5 Å². The Balaban J connectivity index is 0.000000301. The molecule has 2 heterocycles. The van der Waals surface area contributed by atoms with E-state index in [4.69, 9.17) is 24.1 Å². The maximum Gasteiger partial charge on any atom is 0.282 e. The molecule has 0 spiro atoms. The number of nitrogens with two attached hydrogens (primary N) is 1. The highest BCUT2D eigenvalue weighted by atomic mass is 28.4. The fourth-order valence-corrected chi connectivity index (χ4v) is 8.19. The molecule has 310 valence electrons. The van der Waals surface area contributed by atoms with Crippen LogP contribution in [0.4, 0.5) is 11.4 Å². The number of rotatable bonds is 11. The van der Waals surface area contributed by atoms with Crippen molar-refractivity contribution in [1.29, 1.82) is 0 Å². The minimum atomic E-state index is -1.98. The molecule has 0 saturated heterocycles. The number of nitro benzene ring substituents is 1. The zero-order chi connectivity index (χ0) is 42.7. The van der Waals surface area contributed by atoms with Crippen LogP contribution in [0.1, 0.15) is 100 Å². The molecule has 0 aromatic heterocycles. The summed E-state index contributed by atoms with van der Waals surface area (Å²) in [6, 6.07) is 6.20. The normalized spacial score (nSPS) is 17.6. The Bertz CT molecular complexity index is 1860. The number of hydrogen-bond donors (Lipinski definition) is 1. The zero-order valence-electron chi connectivity index (χ0n) is 36.6. The lowest BCUT2D eigenvalue weighted by atomic mass is 10.1. The van der Waals surface area contributed by atoms with Gasteiger partial charge in [-0.05, 0) is 100 Å². The van der Waals surface area contributed by atoms with Crippen LogP contribution in [0.3, 0.4) is 0 Å². The molecule has 0 bridgehead atoms. The summed E-state index contributed by atoms with van der Waals surface area (Å²) >= 11 is 0. The molecule has 2 atom stereocenters. The van der Waals surface area contributed by atoms with Gasteiger partial charge in [0.25, 0.3) is 17.5 Å². The molecule has 2 aliphatic rings. The molecule has 0 aliphatic carbocycles. The first-order valence-corrected chi connectivity index (χ1v) is 25.0. The van der Waals surface area contributed by atoms with Gasteiger partial charge in [0.2, 0.25) is 0 Å². The van der Waals surface area contributed by atoms with Crippen molar-refractivity contribution in [2.75, 3.05) is 33.2 Å². The Kier molecular flexibility index (Phi) is 14.6. The van der Waals surface area contributed by atoms with Gasteiger partial charge < -0.3 is 33.9 Å². The minimum Gasteiger partial charge on any atom is -0.496 e. The van der Waals surface area contributed by atoms with E-state index in [-0.39, 0.29) is 39.3 Å². The van der Waals surface area contributed by atoms with Crippen LogP contribution in [0.2, 0.25) is 36.3 Å². The fourth-order valence-electron chi connectivity index (χ4n) is 6.11. The van der Waals surface area contributed by atoms with Crippen molar-refractivity contribution in [2.45, 2.75) is 130 Å². The van der Waals surface area contributed by atoms with Crippen molar-refractivity contribution in [3.8, 4) is 11.5 Å². The lowest BCUT2D eigenvalue weighted by molar-refractivity contribution is -0.385. The summed E-state index contributed by atoms with van der Waals surface area (Å²) in [5.74, 6) is 0.608. The largest absolute Gasteiger partial charge is 0.496 e. The smallest absolute Gasteiger partial charge is 0.282 e. The highest BCUT2D eigenvalue weighted by Crippen LogP contribution is 2.39. The molecule has 12 nitrogen and oxygen atoms in total. The highest BCUT2D eigenvalue weighted by molar-refractivity contribution is 6.74. The van der Waals surface area contributed by atoms with Crippen molar-refractivity contribution >= 4 is 39.8 Å². The van der Waals surface area contributed by atoms with Crippen molar-refractivity contribution in [3.63, 3.8) is 0 Å². The maximum atomic E-state index is 13.3. The first-order chi connectivity index (χ1) is 25.6. The van der Waals surface area contributed by atoms with Crippen LogP contribution in [0, 0.1) is 24.0 Å². The molecule has 56 heavy (non-hydrogen) atoms. The van der Waals surface area contributed by atoms with Crippen LogP contribution in [-0.4, -0.2) is 82.7 Å². The molecule has 2 aromatic carbocycles. The predicted molar refractivity (Wildman–Crippen MR) is 229 cm³/mol. The molecular weight excluding hydrogens is 745 g/mol. The summed E-state index contributed by atoms with van der Waals surface area (Å²) in [5, 5.41) is 11.8. The SMILES string of the molecule is COc1cc(C(=O)N2C=C(C)C[C@H]2CO[Si](C)(C)C(C)(C)C)c(N)cc1C.COc1cc(C(=O)N2C=C(C)C[C@H]2CO[Si](C)(C)C(C)(C)C)c([N+](=O)[O-])cc1C. The van der Waals surface area contributed by atoms with E-state index in [0.717, 1.165) is 17.6 Å². The van der Waals surface area contributed by atoms with Gasteiger partial charge in [-0.25, -0.2) is 0 Å². The van der Waals surface area contributed by atoms with Gasteiger partial charge in [0.05, 0.1) is 50.0 Å². The maximum absolute atomic E-state index is 13.3. The third kappa shape index (κ3) is 10.7. The Morgan fingerprint density at radius 2 is 1.11 bits per heavy atom. The number of benzene rings is 2. The summed E-state index contributed by atoms with van der Waals surface area (Å²) in [5.41, 5.74) is 10.7. The van der Waals surface area contributed by atoms with E-state index in [1.807, 2.05) is 27.0 Å². The first-order valence-electron chi connectivity index (χ1n) is 19.2. The van der Waals surface area contributed by atoms with Crippen LogP contribution < -0.4 is 15.2 Å². The Labute approximate surface area is 336 Å². The molecule has 2 aromatic rings. The predicted octanol–water partition coefficient (Wildman–Crippen LogP) is 9.78. The standard InChI is InChI=1S/C21H32N2O5Si.C21H34N2O3Si/c1-14-9-16(13-28-29(7,8)21(3,4)5)22(12-14)20(24)17-11-19(27-6)15(2)10-18(17)23(25)26;1-14-9-16(13-26-27(7,8)21(3,4)5)23(12-14)20(24)17-11-19(25-6)15(2)10-18(17)22/h10-12,16H,9,13H2,1-8H3;10-12,16H,9,13,22H2,1-8H3/t2*16-/m00/s1. The van der Waals surface area contributed by atoms with Crippen molar-refractivity contribution in [1.82, 2.24) is 9.80 Å². The van der Waals surface area contributed by atoms with Gasteiger partial charge in [0.1, 0.15) is 17.1 Å². The topological polar surface area (TPSA) is 147 Å². The zero-order valence-corrected chi connectivity index (χ0v) is 38.6. The van der Waals surface area contributed by atoms with Crippen LogP contribution in [-0.2, 0) is 8.85 Å². The van der Waals surface area contributed by atoms with E-state index in [0.29, 0.717) is 47.9 Å². The molecule has 0 saturated carbocycles. The number of aryl methyl sites for hydroxylation is 2. The third-order valence-corrected chi connectivity index (χ3v) is 20.7. The van der Waals surface area contributed by atoms with Crippen molar-refractivity contribution < 1.29 is 32.8 Å². The number of carbonyl (C=O) groups excluding carboxylic acids is 2. The quantitative estimate of drug-likeness (QED) is 0.101. The minimum absolute atomic E-state index is 0.00155. The lowest BCUT2D eigenvalue weighted by Crippen LogP contribution is -2.45. The highest BCUT2D eigenvalue weighted by Gasteiger charge is 2.41. The molecule has 2 amide bonds. The summed E-state index contributed by atoms with van der Waals surface area (Å²) in [6.07, 6.45) is 5.21. The molecule has 0 unspecified atom stereocenters. The molecule has 4 rings (SSSR count). The monoisotopic (exact) mass is 810 g/mol. The number of methoxy groups -OCH3 is 2. The van der Waals surface area contributed by atoms with Gasteiger partial charge in [-0.15, -0.1) is 0 Å². The average Bonchev–Trinajstić information content (AvgIpc) is 3.66. The third-order valence-electron chi connectivity index (χ3n) is 11.7. The molecular formula is C42H66N4O8Si2. The van der Waals surface area contributed by atoms with E-state index >= 15 is 0 Å². The number of ether oxygens (including phenoxy) is 2. The Hall–Kier alpha value is -3.99. The van der Waals surface area contributed by atoms with Crippen LogP contribution in [0.15, 0.2) is 47.8 Å². The van der Waals surface area contributed by atoms with Crippen LogP contribution in [0.25, 0.3) is 0 Å². The van der Waals surface area contributed by atoms with Gasteiger partial charge in [0, 0.05) is 30.2 Å². The van der Waals surface area contributed by atoms with E-state index in [1.54, 1.807) is 42.2 Å². The van der Waals surface area contributed by atoms with Crippen LogP contribution >= 0.6 is 0 Å². The summed E-state index contributed by atoms with van der Waals surface area (Å²) in [7, 11) is -0.771. The van der Waals surface area contributed by atoms with E-state index in [2.05, 4.69) is 67.7 Å². The fraction of sp³-hybridized carbons (Fsp3) is 0.571. The first kappa shape index (κ1) is 46.4. The van der Waals surface area contributed by atoms with Gasteiger partial charge in [0.15, 0.2) is 16.6 Å². The average molecular weight is 811 g/mol. The number of nitrogen functional groups attached to an aromatic ring is 1. The van der Waals surface area contributed by atoms with Gasteiger partial charge >= 0.3 is 0 Å². The van der Waals surface area contributed by atoms with Gasteiger partial charge in [-0.3, -0.25) is 19.7 Å². The molecule has 14 heteroatoms. The molecule has 2 aliphatic heterocycles. The van der Waals surface area contributed by atoms with Crippen molar-refractivity contribution in [2.24, 2.45) is 0 Å².